The molecule has 7 heteroatoms. The molecule has 4 rings (SSSR count). The van der Waals surface area contributed by atoms with Crippen LogP contribution in [0.2, 0.25) is 10.0 Å². The lowest BCUT2D eigenvalue weighted by Gasteiger charge is -2.21. The highest BCUT2D eigenvalue weighted by atomic mass is 35.5. The molecule has 0 spiro atoms. The van der Waals surface area contributed by atoms with Gasteiger partial charge in [-0.05, 0) is 48.1 Å². The van der Waals surface area contributed by atoms with Crippen LogP contribution in [0.5, 0.6) is 0 Å². The number of aromatic nitrogens is 2. The largest absolute Gasteiger partial charge is 0.395 e. The predicted molar refractivity (Wildman–Crippen MR) is 139 cm³/mol. The van der Waals surface area contributed by atoms with Gasteiger partial charge in [0.15, 0.2) is 0 Å². The maximum Gasteiger partial charge on any atom is 0.117 e. The van der Waals surface area contributed by atoms with Crippen LogP contribution >= 0.6 is 23.2 Å². The van der Waals surface area contributed by atoms with E-state index in [1.165, 1.54) is 5.57 Å². The zero-order valence-corrected chi connectivity index (χ0v) is 21.3. The molecule has 0 amide bonds. The molecule has 0 bridgehead atoms. The molecule has 3 aromatic rings. The number of aliphatic hydroxyl groups excluding tert-OH is 1. The Labute approximate surface area is 207 Å². The fourth-order valence-electron chi connectivity index (χ4n) is 4.41. The van der Waals surface area contributed by atoms with Crippen molar-refractivity contribution < 1.29 is 9.32 Å². The van der Waals surface area contributed by atoms with E-state index in [0.717, 1.165) is 40.0 Å². The second-order valence-electron chi connectivity index (χ2n) is 8.54. The highest BCUT2D eigenvalue weighted by molar-refractivity contribution is 7.85. The molecule has 2 unspecified atom stereocenters. The number of nitrogens with zero attached hydrogens (tertiary/aromatic N) is 1. The zero-order chi connectivity index (χ0) is 23.7. The molecule has 1 aliphatic carbocycles. The van der Waals surface area contributed by atoms with E-state index in [4.69, 9.17) is 28.2 Å². The number of benzene rings is 2. The SMILES string of the molecule is CCS(=O)c1ccc(C(CO)c2nc3c(Cl)c(C4=C(C(C)C)CCC=C4)c(Cl)cc3[nH]2)cc1. The maximum absolute atomic E-state index is 12.1. The van der Waals surface area contributed by atoms with Crippen LogP contribution in [-0.2, 0) is 10.8 Å². The first-order valence-corrected chi connectivity index (χ1v) is 13.3. The van der Waals surface area contributed by atoms with Crippen molar-refractivity contribution in [3.8, 4) is 0 Å². The summed E-state index contributed by atoms with van der Waals surface area (Å²) in [5.74, 6) is 1.22. The highest BCUT2D eigenvalue weighted by Gasteiger charge is 2.24. The highest BCUT2D eigenvalue weighted by Crippen LogP contribution is 2.42. The number of hydrogen-bond donors (Lipinski definition) is 2. The first kappa shape index (κ1) is 24.2. The molecule has 4 nitrogen and oxygen atoms in total. The van der Waals surface area contributed by atoms with Gasteiger partial charge in [0.05, 0.1) is 38.9 Å². The van der Waals surface area contributed by atoms with E-state index in [9.17, 15) is 9.32 Å². The molecule has 33 heavy (non-hydrogen) atoms. The standard InChI is InChI=1S/C26H28Cl2N2O2S/c1-4-33(32)17-11-9-16(10-12-17)20(14-31)26-29-22-13-21(27)23(24(28)25(22)30-26)19-8-6-5-7-18(19)15(2)3/h6,8-13,15,20,31H,4-5,7,14H2,1-3H3,(H,29,30). The molecule has 0 aliphatic heterocycles. The fraction of sp³-hybridized carbons (Fsp3) is 0.346. The molecular formula is C26H28Cl2N2O2S. The summed E-state index contributed by atoms with van der Waals surface area (Å²) >= 11 is 13.6. The van der Waals surface area contributed by atoms with Gasteiger partial charge < -0.3 is 10.1 Å². The van der Waals surface area contributed by atoms with Gasteiger partial charge >= 0.3 is 0 Å². The van der Waals surface area contributed by atoms with Gasteiger partial charge in [-0.25, -0.2) is 4.98 Å². The molecule has 1 aromatic heterocycles. The van der Waals surface area contributed by atoms with E-state index in [-0.39, 0.29) is 12.5 Å². The van der Waals surface area contributed by atoms with Gasteiger partial charge in [0, 0.05) is 16.2 Å². The van der Waals surface area contributed by atoms with E-state index in [1.54, 1.807) is 0 Å². The Morgan fingerprint density at radius 2 is 1.94 bits per heavy atom. The number of hydrogen-bond acceptors (Lipinski definition) is 3. The average Bonchev–Trinajstić information content (AvgIpc) is 3.23. The number of halogens is 2. The number of imidazole rings is 1. The third-order valence-corrected chi connectivity index (χ3v) is 8.17. The third-order valence-electron chi connectivity index (χ3n) is 6.18. The molecule has 2 N–H and O–H groups in total. The lowest BCUT2D eigenvalue weighted by molar-refractivity contribution is 0.277. The van der Waals surface area contributed by atoms with Crippen LogP contribution in [0.1, 0.15) is 56.5 Å². The number of rotatable bonds is 7. The molecule has 2 aromatic carbocycles. The van der Waals surface area contributed by atoms with Crippen molar-refractivity contribution in [3.63, 3.8) is 0 Å². The second kappa shape index (κ2) is 10.1. The van der Waals surface area contributed by atoms with Gasteiger partial charge in [-0.3, -0.25) is 4.21 Å². The molecule has 1 aliphatic rings. The first-order chi connectivity index (χ1) is 15.8. The number of nitrogens with one attached hydrogen (secondary N) is 1. The number of aromatic amines is 1. The van der Waals surface area contributed by atoms with Crippen molar-refractivity contribution in [1.82, 2.24) is 9.97 Å². The van der Waals surface area contributed by atoms with Crippen molar-refractivity contribution in [1.29, 1.82) is 0 Å². The second-order valence-corrected chi connectivity index (χ2v) is 11.1. The molecule has 0 radical (unpaired) electrons. The maximum atomic E-state index is 12.1. The van der Waals surface area contributed by atoms with Gasteiger partial charge in [-0.2, -0.15) is 0 Å². The van der Waals surface area contributed by atoms with Crippen LogP contribution < -0.4 is 0 Å². The molecule has 174 valence electrons. The molecule has 0 saturated heterocycles. The topological polar surface area (TPSA) is 66.0 Å². The molecule has 0 fully saturated rings. The van der Waals surface area contributed by atoms with Crippen molar-refractivity contribution >= 4 is 50.6 Å². The summed E-state index contributed by atoms with van der Waals surface area (Å²) in [5, 5.41) is 11.3. The smallest absolute Gasteiger partial charge is 0.117 e. The van der Waals surface area contributed by atoms with Crippen molar-refractivity contribution in [2.24, 2.45) is 5.92 Å². The summed E-state index contributed by atoms with van der Waals surface area (Å²) in [7, 11) is -1.02. The van der Waals surface area contributed by atoms with E-state index in [1.807, 2.05) is 37.3 Å². The number of allylic oxidation sites excluding steroid dienone is 4. The quantitative estimate of drug-likeness (QED) is 0.369. The number of aliphatic hydroxyl groups is 1. The Kier molecular flexibility index (Phi) is 7.44. The van der Waals surface area contributed by atoms with Crippen molar-refractivity contribution in [2.45, 2.75) is 44.4 Å². The van der Waals surface area contributed by atoms with Crippen molar-refractivity contribution in [3.05, 3.63) is 75.1 Å². The van der Waals surface area contributed by atoms with E-state index >= 15 is 0 Å². The third kappa shape index (κ3) is 4.69. The Hall–Kier alpha value is -1.92. The first-order valence-electron chi connectivity index (χ1n) is 11.2. The normalized spacial score (nSPS) is 16.1. The lowest BCUT2D eigenvalue weighted by atomic mass is 9.86. The van der Waals surface area contributed by atoms with Gasteiger partial charge in [-0.15, -0.1) is 0 Å². The van der Waals surface area contributed by atoms with Crippen LogP contribution in [0.15, 0.2) is 53.0 Å². The van der Waals surface area contributed by atoms with Crippen LogP contribution in [0, 0.1) is 5.92 Å². The zero-order valence-electron chi connectivity index (χ0n) is 19.0. The summed E-state index contributed by atoms with van der Waals surface area (Å²) in [6.45, 7) is 6.14. The lowest BCUT2D eigenvalue weighted by Crippen LogP contribution is -2.08. The Morgan fingerprint density at radius 1 is 1.21 bits per heavy atom. The van der Waals surface area contributed by atoms with E-state index in [0.29, 0.717) is 33.1 Å². The average molecular weight is 503 g/mol. The minimum absolute atomic E-state index is 0.125. The van der Waals surface area contributed by atoms with E-state index < -0.39 is 10.8 Å². The monoisotopic (exact) mass is 502 g/mol. The molecule has 1 heterocycles. The number of fused-ring (bicyclic) bond motifs is 1. The summed E-state index contributed by atoms with van der Waals surface area (Å²) < 4.78 is 12.1. The predicted octanol–water partition coefficient (Wildman–Crippen LogP) is 6.88. The minimum Gasteiger partial charge on any atom is -0.395 e. The summed E-state index contributed by atoms with van der Waals surface area (Å²) in [6.07, 6.45) is 6.28. The summed E-state index contributed by atoms with van der Waals surface area (Å²) in [6, 6.07) is 9.34. The van der Waals surface area contributed by atoms with Gasteiger partial charge in [0.1, 0.15) is 11.3 Å². The summed E-state index contributed by atoms with van der Waals surface area (Å²) in [5.41, 5.74) is 5.50. The van der Waals surface area contributed by atoms with Crippen LogP contribution in [0.25, 0.3) is 16.6 Å². The minimum atomic E-state index is -1.02. The fourth-order valence-corrected chi connectivity index (χ4v) is 5.88. The number of H-pyrrole nitrogens is 1. The summed E-state index contributed by atoms with van der Waals surface area (Å²) in [4.78, 5) is 8.87. The Balaban J connectivity index is 1.79. The van der Waals surface area contributed by atoms with Gasteiger partial charge in [-0.1, -0.05) is 73.8 Å². The van der Waals surface area contributed by atoms with Crippen LogP contribution in [-0.4, -0.2) is 31.6 Å². The van der Waals surface area contributed by atoms with E-state index in [2.05, 4.69) is 31.0 Å². The Morgan fingerprint density at radius 3 is 2.58 bits per heavy atom. The van der Waals surface area contributed by atoms with Gasteiger partial charge in [0.25, 0.3) is 0 Å². The Bertz CT molecular complexity index is 1260. The van der Waals surface area contributed by atoms with Crippen molar-refractivity contribution in [2.75, 3.05) is 12.4 Å². The van der Waals surface area contributed by atoms with Crippen LogP contribution in [0.3, 0.4) is 0 Å². The van der Waals surface area contributed by atoms with Crippen LogP contribution in [0.4, 0.5) is 0 Å². The molecule has 0 saturated carbocycles. The van der Waals surface area contributed by atoms with Gasteiger partial charge in [0.2, 0.25) is 0 Å². The molecule has 2 atom stereocenters. The molecular weight excluding hydrogens is 475 g/mol.